The minimum Gasteiger partial charge on any atom is -0.390 e. The van der Waals surface area contributed by atoms with Gasteiger partial charge in [-0.3, -0.25) is 4.90 Å². The van der Waals surface area contributed by atoms with Crippen LogP contribution in [-0.4, -0.2) is 53.5 Å². The van der Waals surface area contributed by atoms with E-state index in [0.717, 1.165) is 43.1 Å². The van der Waals surface area contributed by atoms with E-state index >= 15 is 0 Å². The zero-order valence-corrected chi connectivity index (χ0v) is 17.2. The predicted molar refractivity (Wildman–Crippen MR) is 116 cm³/mol. The Bertz CT molecular complexity index is 1190. The quantitative estimate of drug-likeness (QED) is 0.515. The zero-order chi connectivity index (χ0) is 20.7. The molecule has 4 heterocycles. The second kappa shape index (κ2) is 7.55. The first-order valence-corrected chi connectivity index (χ1v) is 10.2. The Kier molecular flexibility index (Phi) is 4.72. The number of aliphatic hydroxyl groups is 1. The first-order valence-electron chi connectivity index (χ1n) is 10.2. The highest BCUT2D eigenvalue weighted by Crippen LogP contribution is 2.23. The number of hydrogen-bond donors (Lipinski definition) is 2. The molecular weight excluding hydrogens is 378 g/mol. The Morgan fingerprint density at radius 2 is 2.07 bits per heavy atom. The molecular formula is C22H25N7O. The number of nitrogens with zero attached hydrogens (tertiary/aromatic N) is 6. The molecule has 1 saturated heterocycles. The normalized spacial score (nSPS) is 14.9. The van der Waals surface area contributed by atoms with Crippen LogP contribution in [0, 0.1) is 6.92 Å². The van der Waals surface area contributed by atoms with E-state index in [1.807, 2.05) is 25.3 Å². The lowest BCUT2D eigenvalue weighted by Gasteiger charge is -2.35. The van der Waals surface area contributed by atoms with Crippen LogP contribution in [0.3, 0.4) is 0 Å². The molecule has 0 bridgehead atoms. The molecule has 5 rings (SSSR count). The van der Waals surface area contributed by atoms with Crippen LogP contribution in [-0.2, 0) is 13.1 Å². The van der Waals surface area contributed by atoms with E-state index < -0.39 is 0 Å². The van der Waals surface area contributed by atoms with Gasteiger partial charge in [-0.05, 0) is 38.1 Å². The van der Waals surface area contributed by atoms with Crippen molar-refractivity contribution >= 4 is 22.5 Å². The number of hydrogen-bond acceptors (Lipinski definition) is 6. The van der Waals surface area contributed by atoms with Gasteiger partial charge in [0, 0.05) is 73.0 Å². The maximum Gasteiger partial charge on any atom is 0.229 e. The van der Waals surface area contributed by atoms with Gasteiger partial charge in [0.05, 0.1) is 11.8 Å². The fourth-order valence-corrected chi connectivity index (χ4v) is 3.90. The van der Waals surface area contributed by atoms with Crippen molar-refractivity contribution in [3.63, 3.8) is 0 Å². The minimum atomic E-state index is -0.199. The number of fused-ring (bicyclic) bond motifs is 1. The van der Waals surface area contributed by atoms with Crippen LogP contribution in [0.25, 0.3) is 16.7 Å². The van der Waals surface area contributed by atoms with Gasteiger partial charge in [-0.1, -0.05) is 0 Å². The molecule has 3 aromatic heterocycles. The molecule has 8 heteroatoms. The Labute approximate surface area is 174 Å². The third-order valence-electron chi connectivity index (χ3n) is 5.58. The SMILES string of the molecule is CCn1ccc2cc(Nc3nccc(-n4cc(CN5CC(O)C5)c(C)n4)n3)ccc21. The summed E-state index contributed by atoms with van der Waals surface area (Å²) in [5.74, 6) is 1.24. The first kappa shape index (κ1) is 18.8. The number of benzene rings is 1. The zero-order valence-electron chi connectivity index (χ0n) is 17.2. The molecule has 0 aliphatic carbocycles. The summed E-state index contributed by atoms with van der Waals surface area (Å²) in [7, 11) is 0. The number of β-amino-alcohol motifs (C(OH)–C–C–N with tert-alkyl or cyclic N) is 1. The Morgan fingerprint density at radius 1 is 1.20 bits per heavy atom. The Balaban J connectivity index is 1.35. The van der Waals surface area contributed by atoms with Gasteiger partial charge in [-0.15, -0.1) is 0 Å². The van der Waals surface area contributed by atoms with Crippen molar-refractivity contribution in [1.29, 1.82) is 0 Å². The second-order valence-electron chi connectivity index (χ2n) is 7.77. The fraction of sp³-hybridized carbons (Fsp3) is 0.318. The topological polar surface area (TPSA) is 84.0 Å². The van der Waals surface area contributed by atoms with E-state index in [4.69, 9.17) is 0 Å². The summed E-state index contributed by atoms with van der Waals surface area (Å²) in [4.78, 5) is 11.2. The number of likely N-dealkylation sites (tertiary alicyclic amines) is 1. The standard InChI is InChI=1S/C22H25N7O/c1-3-28-9-7-16-10-18(4-5-20(16)28)24-22-23-8-6-21(25-22)29-12-17(15(2)26-29)11-27-13-19(30)14-27/h4-10,12,19,30H,3,11,13-14H2,1-2H3,(H,23,24,25). The van der Waals surface area contributed by atoms with E-state index in [-0.39, 0.29) is 6.10 Å². The second-order valence-corrected chi connectivity index (χ2v) is 7.77. The molecule has 154 valence electrons. The molecule has 1 aliphatic heterocycles. The third-order valence-corrected chi connectivity index (χ3v) is 5.58. The fourth-order valence-electron chi connectivity index (χ4n) is 3.90. The van der Waals surface area contributed by atoms with E-state index in [1.165, 1.54) is 10.9 Å². The monoisotopic (exact) mass is 403 g/mol. The summed E-state index contributed by atoms with van der Waals surface area (Å²) in [6, 6.07) is 10.2. The molecule has 1 aromatic carbocycles. The van der Waals surface area contributed by atoms with Crippen molar-refractivity contribution < 1.29 is 5.11 Å². The van der Waals surface area contributed by atoms with E-state index in [9.17, 15) is 5.11 Å². The van der Waals surface area contributed by atoms with Crippen molar-refractivity contribution in [2.24, 2.45) is 0 Å². The third kappa shape index (κ3) is 3.55. The van der Waals surface area contributed by atoms with Gasteiger partial charge in [0.1, 0.15) is 0 Å². The summed E-state index contributed by atoms with van der Waals surface area (Å²) in [6.07, 6.45) is 5.64. The molecule has 8 nitrogen and oxygen atoms in total. The van der Waals surface area contributed by atoms with Gasteiger partial charge in [-0.25, -0.2) is 9.67 Å². The van der Waals surface area contributed by atoms with Crippen molar-refractivity contribution in [2.75, 3.05) is 18.4 Å². The number of rotatable bonds is 6. The molecule has 2 N–H and O–H groups in total. The summed E-state index contributed by atoms with van der Waals surface area (Å²) in [5, 5.41) is 18.6. The number of aromatic nitrogens is 5. The highest BCUT2D eigenvalue weighted by atomic mass is 16.3. The average molecular weight is 403 g/mol. The van der Waals surface area contributed by atoms with Crippen LogP contribution in [0.1, 0.15) is 18.2 Å². The molecule has 0 saturated carbocycles. The molecule has 0 amide bonds. The molecule has 1 aliphatic rings. The molecule has 0 radical (unpaired) electrons. The summed E-state index contributed by atoms with van der Waals surface area (Å²) >= 11 is 0. The molecule has 4 aromatic rings. The van der Waals surface area contributed by atoms with Crippen LogP contribution in [0.4, 0.5) is 11.6 Å². The van der Waals surface area contributed by atoms with Crippen molar-refractivity contribution in [1.82, 2.24) is 29.2 Å². The average Bonchev–Trinajstić information content (AvgIpc) is 3.30. The maximum absolute atomic E-state index is 9.49. The molecule has 1 fully saturated rings. The first-order chi connectivity index (χ1) is 14.6. The lowest BCUT2D eigenvalue weighted by atomic mass is 10.1. The number of aryl methyl sites for hydroxylation is 2. The van der Waals surface area contributed by atoms with Crippen molar-refractivity contribution in [3.05, 3.63) is 60.2 Å². The van der Waals surface area contributed by atoms with Crippen LogP contribution in [0.15, 0.2) is 48.9 Å². The number of nitrogens with one attached hydrogen (secondary N) is 1. The van der Waals surface area contributed by atoms with Crippen molar-refractivity contribution in [2.45, 2.75) is 33.0 Å². The van der Waals surface area contributed by atoms with Crippen molar-refractivity contribution in [3.8, 4) is 5.82 Å². The van der Waals surface area contributed by atoms with E-state index in [0.29, 0.717) is 11.8 Å². The molecule has 0 atom stereocenters. The van der Waals surface area contributed by atoms with Gasteiger partial charge >= 0.3 is 0 Å². The minimum absolute atomic E-state index is 0.199. The van der Waals surface area contributed by atoms with Crippen LogP contribution < -0.4 is 5.32 Å². The molecule has 0 spiro atoms. The van der Waals surface area contributed by atoms with Gasteiger partial charge < -0.3 is 15.0 Å². The smallest absolute Gasteiger partial charge is 0.229 e. The van der Waals surface area contributed by atoms with Crippen LogP contribution in [0.5, 0.6) is 0 Å². The summed E-state index contributed by atoms with van der Waals surface area (Å²) in [5.41, 5.74) is 4.27. The van der Waals surface area contributed by atoms with Gasteiger partial charge in [0.25, 0.3) is 0 Å². The van der Waals surface area contributed by atoms with Gasteiger partial charge in [0.15, 0.2) is 5.82 Å². The summed E-state index contributed by atoms with van der Waals surface area (Å²) < 4.78 is 4.01. The number of anilines is 2. The van der Waals surface area contributed by atoms with Gasteiger partial charge in [0.2, 0.25) is 5.95 Å². The van der Waals surface area contributed by atoms with Crippen LogP contribution in [0.2, 0.25) is 0 Å². The summed E-state index contributed by atoms with van der Waals surface area (Å²) in [6.45, 7) is 7.32. The Hall–Kier alpha value is -3.23. The van der Waals surface area contributed by atoms with E-state index in [1.54, 1.807) is 10.9 Å². The highest BCUT2D eigenvalue weighted by molar-refractivity contribution is 5.84. The lowest BCUT2D eigenvalue weighted by molar-refractivity contribution is -0.00297. The molecule has 30 heavy (non-hydrogen) atoms. The molecule has 0 unspecified atom stereocenters. The van der Waals surface area contributed by atoms with E-state index in [2.05, 4.69) is 61.2 Å². The number of aliphatic hydroxyl groups excluding tert-OH is 1. The predicted octanol–water partition coefficient (Wildman–Crippen LogP) is 2.87. The largest absolute Gasteiger partial charge is 0.390 e. The lowest BCUT2D eigenvalue weighted by Crippen LogP contribution is -2.49. The van der Waals surface area contributed by atoms with Gasteiger partial charge in [-0.2, -0.15) is 10.1 Å². The maximum atomic E-state index is 9.49. The van der Waals surface area contributed by atoms with Crippen LogP contribution >= 0.6 is 0 Å². The Morgan fingerprint density at radius 3 is 2.87 bits per heavy atom. The highest BCUT2D eigenvalue weighted by Gasteiger charge is 2.25.